The SMILES string of the molecule is [2H]C(C)(C)c1ccc(-n2c(-c3cc(C(C)(C)C)cc(C(C)(C)C)c3O)nc3c(-c4cc(-c5ccccc5)cc(-c5cc(-c6ccc(C)cc6)ccn5)c4)cccc32)c(-c2ccc(C(C)(C)C)cc2)c1. The van der Waals surface area contributed by atoms with E-state index in [1.54, 1.807) is 0 Å². The second kappa shape index (κ2) is 17.6. The van der Waals surface area contributed by atoms with Gasteiger partial charge < -0.3 is 5.11 Å². The highest BCUT2D eigenvalue weighted by Crippen LogP contribution is 2.46. The molecule has 0 saturated carbocycles. The molecule has 0 bridgehead atoms. The van der Waals surface area contributed by atoms with Crippen LogP contribution in [0.15, 0.2) is 164 Å². The summed E-state index contributed by atoms with van der Waals surface area (Å²) in [5.74, 6) is 0.0214. The summed E-state index contributed by atoms with van der Waals surface area (Å²) in [5.41, 5.74) is 18.3. The molecule has 9 rings (SSSR count). The van der Waals surface area contributed by atoms with Gasteiger partial charge in [0, 0.05) is 29.8 Å². The lowest BCUT2D eigenvalue weighted by Gasteiger charge is -2.27. The smallest absolute Gasteiger partial charge is 0.149 e. The summed E-state index contributed by atoms with van der Waals surface area (Å²) in [5, 5.41) is 12.7. The Hall–Kier alpha value is -7.04. The van der Waals surface area contributed by atoms with E-state index in [1.165, 1.54) is 11.1 Å². The van der Waals surface area contributed by atoms with Crippen molar-refractivity contribution in [3.05, 3.63) is 192 Å². The van der Waals surface area contributed by atoms with Crippen LogP contribution in [0.1, 0.15) is 111 Å². The van der Waals surface area contributed by atoms with Gasteiger partial charge in [-0.05, 0) is 134 Å². The fourth-order valence-corrected chi connectivity index (χ4v) is 9.23. The zero-order chi connectivity index (χ0) is 49.2. The number of hydrogen-bond donors (Lipinski definition) is 1. The number of nitrogens with zero attached hydrogens (tertiary/aromatic N) is 3. The van der Waals surface area contributed by atoms with Crippen LogP contribution in [0.25, 0.3) is 83.9 Å². The van der Waals surface area contributed by atoms with Crippen molar-refractivity contribution in [2.45, 2.75) is 105 Å². The van der Waals surface area contributed by atoms with Crippen LogP contribution in [0.4, 0.5) is 0 Å². The number of phenolic OH excluding ortho intramolecular Hbond substituents is 1. The third kappa shape index (κ3) is 9.05. The second-order valence-electron chi connectivity index (χ2n) is 21.9. The van der Waals surface area contributed by atoms with E-state index in [0.29, 0.717) is 11.4 Å². The molecular formula is C64H65N3O. The van der Waals surface area contributed by atoms with Gasteiger partial charge in [-0.25, -0.2) is 4.98 Å². The quantitative estimate of drug-likeness (QED) is 0.165. The number of aryl methyl sites for hydroxylation is 1. The molecule has 0 aliphatic carbocycles. The Morgan fingerprint density at radius 3 is 1.82 bits per heavy atom. The van der Waals surface area contributed by atoms with E-state index in [0.717, 1.165) is 89.2 Å². The maximum atomic E-state index is 12.7. The van der Waals surface area contributed by atoms with E-state index in [2.05, 4.69) is 232 Å². The molecule has 68 heavy (non-hydrogen) atoms. The van der Waals surface area contributed by atoms with Gasteiger partial charge in [0.05, 0.1) is 28.0 Å². The zero-order valence-corrected chi connectivity index (χ0v) is 41.9. The molecule has 1 N–H and O–H groups in total. The number of para-hydroxylation sites is 1. The van der Waals surface area contributed by atoms with E-state index >= 15 is 0 Å². The van der Waals surface area contributed by atoms with Crippen molar-refractivity contribution in [3.63, 3.8) is 0 Å². The van der Waals surface area contributed by atoms with Crippen LogP contribution in [-0.2, 0) is 16.2 Å². The predicted octanol–water partition coefficient (Wildman–Crippen LogP) is 17.5. The number of phenols is 1. The first-order valence-corrected chi connectivity index (χ1v) is 23.9. The van der Waals surface area contributed by atoms with Crippen LogP contribution in [0, 0.1) is 6.92 Å². The minimum absolute atomic E-state index is 0.0193. The van der Waals surface area contributed by atoms with Gasteiger partial charge in [0.1, 0.15) is 11.6 Å². The van der Waals surface area contributed by atoms with Crippen molar-refractivity contribution in [2.75, 3.05) is 0 Å². The van der Waals surface area contributed by atoms with Crippen molar-refractivity contribution in [3.8, 4) is 78.6 Å². The standard InChI is InChI=1S/C64H65N3O/c1-40(2)45-27-30-57(53(36-45)44-25-28-50(29-26-44)62(4,5)6)67-58-20-16-19-52(59(58)66-61(67)54-38-51(63(7,8)9)39-55(60(54)68)64(10,11)12)48-33-47(42-17-14-13-15-18-42)34-49(35-48)56-37-46(31-32-65-56)43-23-21-41(3)22-24-43/h13-40,68H,1-12H3/i40D. The lowest BCUT2D eigenvalue weighted by Crippen LogP contribution is -2.17. The number of aromatic nitrogens is 3. The van der Waals surface area contributed by atoms with Gasteiger partial charge in [-0.1, -0.05) is 185 Å². The summed E-state index contributed by atoms with van der Waals surface area (Å²) in [6.07, 6.45) is 1.90. The highest BCUT2D eigenvalue weighted by Gasteiger charge is 2.29. The molecule has 4 heteroatoms. The topological polar surface area (TPSA) is 50.9 Å². The molecule has 9 aromatic rings. The summed E-state index contributed by atoms with van der Waals surface area (Å²) in [7, 11) is 0. The highest BCUT2D eigenvalue weighted by molar-refractivity contribution is 5.98. The van der Waals surface area contributed by atoms with Crippen molar-refractivity contribution in [2.24, 2.45) is 0 Å². The predicted molar refractivity (Wildman–Crippen MR) is 288 cm³/mol. The van der Waals surface area contributed by atoms with Crippen LogP contribution < -0.4 is 0 Å². The number of fused-ring (bicyclic) bond motifs is 1. The van der Waals surface area contributed by atoms with Crippen molar-refractivity contribution < 1.29 is 6.48 Å². The molecule has 0 saturated heterocycles. The average molecular weight is 893 g/mol. The molecule has 0 atom stereocenters. The fraction of sp³-hybridized carbons (Fsp3) is 0.250. The summed E-state index contributed by atoms with van der Waals surface area (Å²) >= 11 is 0. The number of hydrogen-bond acceptors (Lipinski definition) is 3. The minimum Gasteiger partial charge on any atom is -0.507 e. The van der Waals surface area contributed by atoms with E-state index in [1.807, 2.05) is 20.0 Å². The third-order valence-corrected chi connectivity index (χ3v) is 13.4. The van der Waals surface area contributed by atoms with Crippen molar-refractivity contribution in [1.82, 2.24) is 14.5 Å². The molecule has 0 radical (unpaired) electrons. The normalized spacial score (nSPS) is 12.7. The Morgan fingerprint density at radius 2 is 1.16 bits per heavy atom. The van der Waals surface area contributed by atoms with Crippen molar-refractivity contribution in [1.29, 1.82) is 0 Å². The fourth-order valence-electron chi connectivity index (χ4n) is 9.23. The molecule has 4 nitrogen and oxygen atoms in total. The van der Waals surface area contributed by atoms with Gasteiger partial charge in [-0.2, -0.15) is 0 Å². The van der Waals surface area contributed by atoms with Crippen LogP contribution in [-0.4, -0.2) is 19.6 Å². The molecular weight excluding hydrogens is 827 g/mol. The molecule has 0 unspecified atom stereocenters. The van der Waals surface area contributed by atoms with Crippen LogP contribution in [0.2, 0.25) is 0 Å². The van der Waals surface area contributed by atoms with Gasteiger partial charge in [-0.3, -0.25) is 9.55 Å². The van der Waals surface area contributed by atoms with Crippen molar-refractivity contribution >= 4 is 11.0 Å². The monoisotopic (exact) mass is 893 g/mol. The minimum atomic E-state index is -0.845. The Labute approximate surface area is 405 Å². The maximum Gasteiger partial charge on any atom is 0.149 e. The summed E-state index contributed by atoms with van der Waals surface area (Å²) < 4.78 is 11.4. The molecule has 342 valence electrons. The molecule has 0 fully saturated rings. The Bertz CT molecular complexity index is 3350. The lowest BCUT2D eigenvalue weighted by molar-refractivity contribution is 0.446. The van der Waals surface area contributed by atoms with Crippen LogP contribution >= 0.6 is 0 Å². The number of aromatic hydroxyl groups is 1. The average Bonchev–Trinajstić information content (AvgIpc) is 3.70. The number of pyridine rings is 1. The molecule has 7 aromatic carbocycles. The molecule has 2 heterocycles. The van der Waals surface area contributed by atoms with E-state index in [9.17, 15) is 6.48 Å². The van der Waals surface area contributed by atoms with Gasteiger partial charge in [0.2, 0.25) is 0 Å². The molecule has 0 spiro atoms. The van der Waals surface area contributed by atoms with E-state index in [-0.39, 0.29) is 22.0 Å². The summed E-state index contributed by atoms with van der Waals surface area (Å²) in [4.78, 5) is 10.7. The van der Waals surface area contributed by atoms with Crippen LogP contribution in [0.5, 0.6) is 5.75 Å². The number of rotatable bonds is 8. The van der Waals surface area contributed by atoms with E-state index < -0.39 is 5.89 Å². The summed E-state index contributed by atoms with van der Waals surface area (Å²) in [6, 6.07) is 56.2. The van der Waals surface area contributed by atoms with Gasteiger partial charge in [0.15, 0.2) is 0 Å². The molecule has 0 aliphatic rings. The first kappa shape index (κ1) is 44.8. The Morgan fingerprint density at radius 1 is 0.515 bits per heavy atom. The van der Waals surface area contributed by atoms with E-state index in [4.69, 9.17) is 9.97 Å². The molecule has 0 aliphatic heterocycles. The first-order chi connectivity index (χ1) is 32.5. The number of benzene rings is 7. The Balaban J connectivity index is 1.36. The molecule has 2 aromatic heterocycles. The lowest BCUT2D eigenvalue weighted by atomic mass is 9.79. The van der Waals surface area contributed by atoms with Crippen LogP contribution in [0.3, 0.4) is 0 Å². The largest absolute Gasteiger partial charge is 0.507 e. The van der Waals surface area contributed by atoms with Gasteiger partial charge in [0.25, 0.3) is 0 Å². The van der Waals surface area contributed by atoms with Gasteiger partial charge in [-0.15, -0.1) is 0 Å². The third-order valence-electron chi connectivity index (χ3n) is 13.4. The molecule has 0 amide bonds. The highest BCUT2D eigenvalue weighted by atomic mass is 16.3. The van der Waals surface area contributed by atoms with Gasteiger partial charge >= 0.3 is 0 Å². The number of imidazole rings is 1. The first-order valence-electron chi connectivity index (χ1n) is 24.4. The Kier molecular flexibility index (Phi) is 11.6. The second-order valence-corrected chi connectivity index (χ2v) is 21.9. The zero-order valence-electron chi connectivity index (χ0n) is 42.9. The summed E-state index contributed by atoms with van der Waals surface area (Å²) in [6.45, 7) is 25.8. The maximum absolute atomic E-state index is 12.7.